The van der Waals surface area contributed by atoms with Crippen LogP contribution >= 0.6 is 11.3 Å². The molecule has 2 atom stereocenters. The molecule has 1 N–H and O–H groups in total. The average Bonchev–Trinajstić information content (AvgIpc) is 3.23. The second-order valence-corrected chi connectivity index (χ2v) is 10.2. The Balaban J connectivity index is 1.83. The van der Waals surface area contributed by atoms with E-state index in [2.05, 4.69) is 6.07 Å². The molecule has 1 aromatic carbocycles. The second kappa shape index (κ2) is 8.19. The minimum Gasteiger partial charge on any atom is -0.376 e. The molecule has 3 rings (SSSR count). The summed E-state index contributed by atoms with van der Waals surface area (Å²) in [4.78, 5) is 1.82. The molecule has 0 saturated carbocycles. The maximum Gasteiger partial charge on any atom is 0.421 e. The summed E-state index contributed by atoms with van der Waals surface area (Å²) in [5.74, 6) is 0. The van der Waals surface area contributed by atoms with Crippen molar-refractivity contribution < 1.29 is 26.7 Å². The van der Waals surface area contributed by atoms with E-state index < -0.39 is 27.8 Å². The topological polar surface area (TPSA) is 84.6 Å². The van der Waals surface area contributed by atoms with Gasteiger partial charge in [0.15, 0.2) is 5.60 Å². The van der Waals surface area contributed by atoms with E-state index in [4.69, 9.17) is 0 Å². The molecule has 1 saturated heterocycles. The molecular weight excluding hydrogens is 439 g/mol. The van der Waals surface area contributed by atoms with Gasteiger partial charge in [-0.3, -0.25) is 0 Å². The average molecular weight is 460 g/mol. The molecule has 2 aromatic rings. The number of alkyl halides is 3. The largest absolute Gasteiger partial charge is 0.421 e. The first-order valence-electron chi connectivity index (χ1n) is 9.05. The molecule has 0 radical (unpaired) electrons. The monoisotopic (exact) mass is 459 g/mol. The van der Waals surface area contributed by atoms with Crippen molar-refractivity contribution in [1.29, 1.82) is 5.26 Å². The fourth-order valence-electron chi connectivity index (χ4n) is 3.34. The number of anilines is 1. The van der Waals surface area contributed by atoms with Gasteiger partial charge in [-0.1, -0.05) is 18.2 Å². The van der Waals surface area contributed by atoms with Gasteiger partial charge in [0, 0.05) is 25.3 Å². The molecule has 1 aliphatic rings. The van der Waals surface area contributed by atoms with Crippen LogP contribution in [0.2, 0.25) is 0 Å². The van der Waals surface area contributed by atoms with Crippen molar-refractivity contribution in [2.45, 2.75) is 35.4 Å². The minimum atomic E-state index is -4.82. The van der Waals surface area contributed by atoms with Crippen LogP contribution in [0.3, 0.4) is 0 Å². The van der Waals surface area contributed by atoms with E-state index in [1.165, 1.54) is 34.6 Å². The smallest absolute Gasteiger partial charge is 0.376 e. The van der Waals surface area contributed by atoms with Gasteiger partial charge in [0.25, 0.3) is 10.0 Å². The van der Waals surface area contributed by atoms with Crippen LogP contribution in [0.1, 0.15) is 18.9 Å². The van der Waals surface area contributed by atoms with Crippen LogP contribution in [0.15, 0.2) is 46.0 Å². The lowest BCUT2D eigenvalue weighted by molar-refractivity contribution is -0.258. The van der Waals surface area contributed by atoms with Gasteiger partial charge in [0.05, 0.1) is 18.5 Å². The van der Waals surface area contributed by atoms with E-state index in [1.54, 1.807) is 11.4 Å². The molecule has 1 aromatic heterocycles. The van der Waals surface area contributed by atoms with Crippen LogP contribution in [0.25, 0.3) is 0 Å². The number of nitrogens with zero attached hydrogens (tertiary/aromatic N) is 3. The van der Waals surface area contributed by atoms with E-state index >= 15 is 0 Å². The van der Waals surface area contributed by atoms with Gasteiger partial charge in [-0.15, -0.1) is 11.3 Å². The highest BCUT2D eigenvalue weighted by atomic mass is 32.2. The number of rotatable bonds is 5. The number of hydrogen-bond acceptors (Lipinski definition) is 6. The third kappa shape index (κ3) is 4.18. The number of piperazine rings is 1. The first-order chi connectivity index (χ1) is 14.0. The summed E-state index contributed by atoms with van der Waals surface area (Å²) in [6, 6.07) is 10.1. The third-order valence-corrected chi connectivity index (χ3v) is 8.41. The second-order valence-electron chi connectivity index (χ2n) is 7.12. The molecule has 2 unspecified atom stereocenters. The predicted molar refractivity (Wildman–Crippen MR) is 107 cm³/mol. The summed E-state index contributed by atoms with van der Waals surface area (Å²) in [6.07, 6.45) is -4.77. The summed E-state index contributed by atoms with van der Waals surface area (Å²) >= 11 is 1.12. The van der Waals surface area contributed by atoms with Crippen molar-refractivity contribution in [3.05, 3.63) is 47.3 Å². The lowest BCUT2D eigenvalue weighted by atomic mass is 9.95. The zero-order valence-electron chi connectivity index (χ0n) is 16.0. The van der Waals surface area contributed by atoms with Crippen molar-refractivity contribution in [2.75, 3.05) is 24.5 Å². The highest BCUT2D eigenvalue weighted by Gasteiger charge is 2.51. The number of benzene rings is 1. The Morgan fingerprint density at radius 1 is 1.23 bits per heavy atom. The van der Waals surface area contributed by atoms with E-state index in [1.807, 2.05) is 4.90 Å². The van der Waals surface area contributed by atoms with Crippen LogP contribution in [0.4, 0.5) is 18.9 Å². The Bertz CT molecular complexity index is 1010. The van der Waals surface area contributed by atoms with Crippen molar-refractivity contribution in [2.24, 2.45) is 0 Å². The molecule has 162 valence electrons. The van der Waals surface area contributed by atoms with Crippen molar-refractivity contribution in [3.63, 3.8) is 0 Å². The lowest BCUT2D eigenvalue weighted by Crippen LogP contribution is -2.54. The van der Waals surface area contributed by atoms with Crippen LogP contribution in [-0.2, 0) is 15.6 Å². The Kier molecular flexibility index (Phi) is 6.15. The highest BCUT2D eigenvalue weighted by Crippen LogP contribution is 2.39. The zero-order valence-corrected chi connectivity index (χ0v) is 17.6. The molecule has 0 amide bonds. The number of nitriles is 1. The maximum absolute atomic E-state index is 13.1. The minimum absolute atomic E-state index is 0.0540. The number of thiophene rings is 1. The van der Waals surface area contributed by atoms with E-state index in [0.29, 0.717) is 12.6 Å². The van der Waals surface area contributed by atoms with E-state index in [-0.39, 0.29) is 35.8 Å². The number of aliphatic hydroxyl groups is 1. The van der Waals surface area contributed by atoms with Crippen molar-refractivity contribution >= 4 is 27.0 Å². The van der Waals surface area contributed by atoms with Crippen LogP contribution in [0, 0.1) is 11.3 Å². The summed E-state index contributed by atoms with van der Waals surface area (Å²) in [5.41, 5.74) is -2.72. The number of sulfonamides is 1. The van der Waals surface area contributed by atoms with Gasteiger partial charge in [0.2, 0.25) is 0 Å². The highest BCUT2D eigenvalue weighted by molar-refractivity contribution is 7.91. The summed E-state index contributed by atoms with van der Waals surface area (Å²) in [7, 11) is -3.66. The standard InChI is InChI=1S/C19H20F3N3O3S2/c1-18(26,19(20,21)22)14-4-6-15(7-5-14)25-11-10-24(13-16(25)8-9-23)30(27,28)17-3-2-12-29-17/h2-7,12,16,26H,8,10-11,13H2,1H3. The molecule has 0 spiro atoms. The molecule has 30 heavy (non-hydrogen) atoms. The van der Waals surface area contributed by atoms with Crippen LogP contribution in [0.5, 0.6) is 0 Å². The lowest BCUT2D eigenvalue weighted by Gasteiger charge is -2.41. The first-order valence-corrected chi connectivity index (χ1v) is 11.4. The fourth-order valence-corrected chi connectivity index (χ4v) is 5.96. The molecule has 1 aliphatic heterocycles. The molecule has 6 nitrogen and oxygen atoms in total. The van der Waals surface area contributed by atoms with Crippen LogP contribution < -0.4 is 4.90 Å². The first kappa shape index (κ1) is 22.6. The molecule has 1 fully saturated rings. The van der Waals surface area contributed by atoms with E-state index in [0.717, 1.165) is 11.3 Å². The van der Waals surface area contributed by atoms with Gasteiger partial charge in [-0.05, 0) is 36.1 Å². The molecule has 0 aliphatic carbocycles. The number of hydrogen-bond donors (Lipinski definition) is 1. The third-order valence-electron chi connectivity index (χ3n) is 5.17. The number of halogens is 3. The quantitative estimate of drug-likeness (QED) is 0.742. The predicted octanol–water partition coefficient (Wildman–Crippen LogP) is 3.31. The Morgan fingerprint density at radius 2 is 1.90 bits per heavy atom. The van der Waals surface area contributed by atoms with Crippen LogP contribution in [-0.4, -0.2) is 49.7 Å². The Morgan fingerprint density at radius 3 is 2.43 bits per heavy atom. The van der Waals surface area contributed by atoms with Gasteiger partial charge < -0.3 is 10.0 Å². The molecule has 2 heterocycles. The fraction of sp³-hybridized carbons (Fsp3) is 0.421. The summed E-state index contributed by atoms with van der Waals surface area (Å²) in [5, 5.41) is 20.7. The molecular formula is C19H20F3N3O3S2. The SMILES string of the molecule is CC(O)(c1ccc(N2CCN(S(=O)(=O)c3cccs3)CC2CC#N)cc1)C(F)(F)F. The van der Waals surface area contributed by atoms with Gasteiger partial charge in [0.1, 0.15) is 4.21 Å². The maximum atomic E-state index is 13.1. The zero-order chi connectivity index (χ0) is 22.2. The van der Waals surface area contributed by atoms with Gasteiger partial charge in [-0.2, -0.15) is 22.7 Å². The normalized spacial score (nSPS) is 20.5. The molecule has 11 heteroatoms. The summed E-state index contributed by atoms with van der Waals surface area (Å²) in [6.45, 7) is 1.25. The van der Waals surface area contributed by atoms with E-state index in [9.17, 15) is 32.0 Å². The van der Waals surface area contributed by atoms with Gasteiger partial charge in [-0.25, -0.2) is 8.42 Å². The Labute approximate surface area is 176 Å². The summed E-state index contributed by atoms with van der Waals surface area (Å²) < 4.78 is 66.3. The molecule has 0 bridgehead atoms. The van der Waals surface area contributed by atoms with Crippen molar-refractivity contribution in [1.82, 2.24) is 4.31 Å². The van der Waals surface area contributed by atoms with Gasteiger partial charge >= 0.3 is 6.18 Å². The Hall–Kier alpha value is -2.13. The van der Waals surface area contributed by atoms with Crippen molar-refractivity contribution in [3.8, 4) is 6.07 Å².